The first-order chi connectivity index (χ1) is 14.2. The van der Waals surface area contributed by atoms with Crippen LogP contribution in [0.15, 0.2) is 54.9 Å². The average molecular weight is 411 g/mol. The summed E-state index contributed by atoms with van der Waals surface area (Å²) in [5, 5.41) is 11.7. The van der Waals surface area contributed by atoms with Crippen LogP contribution in [-0.4, -0.2) is 50.7 Å². The topological polar surface area (TPSA) is 73.1 Å². The lowest BCUT2D eigenvalue weighted by Crippen LogP contribution is -2.28. The summed E-state index contributed by atoms with van der Waals surface area (Å²) in [4.78, 5) is 14.7. The number of benzene rings is 2. The van der Waals surface area contributed by atoms with Crippen molar-refractivity contribution in [3.8, 4) is 5.75 Å². The zero-order valence-corrected chi connectivity index (χ0v) is 16.6. The number of likely N-dealkylation sites (tertiary alicyclic amines) is 1. The minimum absolute atomic E-state index is 0.0539. The molecule has 1 aliphatic rings. The maximum atomic E-state index is 12.8. The maximum absolute atomic E-state index is 12.8. The molecule has 4 rings (SSSR count). The molecule has 29 heavy (non-hydrogen) atoms. The van der Waals surface area contributed by atoms with Gasteiger partial charge in [-0.2, -0.15) is 0 Å². The van der Waals surface area contributed by atoms with Gasteiger partial charge in [-0.05, 0) is 58.8 Å². The number of aromatic nitrogens is 4. The van der Waals surface area contributed by atoms with E-state index < -0.39 is 0 Å². The van der Waals surface area contributed by atoms with E-state index in [0.717, 1.165) is 30.3 Å². The molecule has 7 nitrogen and oxygen atoms in total. The first-order valence-corrected chi connectivity index (χ1v) is 9.87. The van der Waals surface area contributed by atoms with Crippen molar-refractivity contribution in [3.05, 3.63) is 77.4 Å². The van der Waals surface area contributed by atoms with Gasteiger partial charge in [0.15, 0.2) is 0 Å². The predicted octanol–water partition coefficient (Wildman–Crippen LogP) is 3.24. The summed E-state index contributed by atoms with van der Waals surface area (Å²) in [6.07, 6.45) is 4.44. The molecule has 0 spiro atoms. The molecular formula is C21H21ClN5O2. The van der Waals surface area contributed by atoms with E-state index in [1.807, 2.05) is 59.9 Å². The van der Waals surface area contributed by atoms with E-state index in [-0.39, 0.29) is 5.91 Å². The van der Waals surface area contributed by atoms with Crippen LogP contribution in [0.5, 0.6) is 5.75 Å². The number of ether oxygens (including phenoxy) is 1. The summed E-state index contributed by atoms with van der Waals surface area (Å²) in [6, 6.07) is 15.2. The molecule has 0 unspecified atom stereocenters. The second-order valence-electron chi connectivity index (χ2n) is 6.94. The lowest BCUT2D eigenvalue weighted by molar-refractivity contribution is 0.0790. The standard InChI is InChI=1S/C21H21ClN5O2/c22-19-6-2-16(3-7-19)18-10-12-26(14-18)21(28)17-4-8-20(9-5-17)29-13-1-11-27-15-23-24-25-27/h1-9,15,18H,10-14H2/t18-/m0/s1. The van der Waals surface area contributed by atoms with E-state index in [9.17, 15) is 4.79 Å². The minimum atomic E-state index is 0.0539. The smallest absolute Gasteiger partial charge is 0.253 e. The molecule has 2 heterocycles. The molecule has 1 atom stereocenters. The normalized spacial score (nSPS) is 16.2. The van der Waals surface area contributed by atoms with Crippen LogP contribution >= 0.6 is 11.6 Å². The molecular weight excluding hydrogens is 390 g/mol. The van der Waals surface area contributed by atoms with Crippen LogP contribution < -0.4 is 4.74 Å². The zero-order valence-electron chi connectivity index (χ0n) is 15.8. The first kappa shape index (κ1) is 19.4. The second kappa shape index (κ2) is 9.05. The van der Waals surface area contributed by atoms with Gasteiger partial charge in [0.1, 0.15) is 12.1 Å². The fourth-order valence-electron chi connectivity index (χ4n) is 3.43. The van der Waals surface area contributed by atoms with Gasteiger partial charge in [-0.3, -0.25) is 4.79 Å². The Morgan fingerprint density at radius 2 is 1.97 bits per heavy atom. The highest BCUT2D eigenvalue weighted by Crippen LogP contribution is 2.29. The van der Waals surface area contributed by atoms with Crippen molar-refractivity contribution >= 4 is 17.5 Å². The molecule has 1 aromatic heterocycles. The van der Waals surface area contributed by atoms with Crippen LogP contribution in [0, 0.1) is 6.42 Å². The van der Waals surface area contributed by atoms with Gasteiger partial charge in [0, 0.05) is 36.0 Å². The number of hydrogen-bond donors (Lipinski definition) is 0. The van der Waals surface area contributed by atoms with Gasteiger partial charge in [-0.15, -0.1) is 5.10 Å². The monoisotopic (exact) mass is 410 g/mol. The van der Waals surface area contributed by atoms with Gasteiger partial charge >= 0.3 is 0 Å². The molecule has 0 N–H and O–H groups in total. The largest absolute Gasteiger partial charge is 0.493 e. The fraction of sp³-hybridized carbons (Fsp3) is 0.286. The number of amides is 1. The van der Waals surface area contributed by atoms with Crippen LogP contribution in [0.2, 0.25) is 5.02 Å². The van der Waals surface area contributed by atoms with Crippen LogP contribution in [0.25, 0.3) is 0 Å². The van der Waals surface area contributed by atoms with Crippen LogP contribution in [0.1, 0.15) is 28.3 Å². The molecule has 1 radical (unpaired) electrons. The molecule has 3 aromatic rings. The van der Waals surface area contributed by atoms with E-state index in [1.54, 1.807) is 11.0 Å². The third-order valence-electron chi connectivity index (χ3n) is 4.99. The van der Waals surface area contributed by atoms with Crippen molar-refractivity contribution in [2.24, 2.45) is 0 Å². The van der Waals surface area contributed by atoms with E-state index >= 15 is 0 Å². The summed E-state index contributed by atoms with van der Waals surface area (Å²) < 4.78 is 7.29. The summed E-state index contributed by atoms with van der Waals surface area (Å²) >= 11 is 5.97. The van der Waals surface area contributed by atoms with Crippen LogP contribution in [0.4, 0.5) is 0 Å². The quantitative estimate of drug-likeness (QED) is 0.559. The SMILES string of the molecule is O=C(c1ccc(OC[CH]Cn2cnnn2)cc1)N1CC[C@H](c2ccc(Cl)cc2)C1. The fourth-order valence-corrected chi connectivity index (χ4v) is 3.56. The van der Waals surface area contributed by atoms with E-state index in [1.165, 1.54) is 5.56 Å². The second-order valence-corrected chi connectivity index (χ2v) is 7.38. The molecule has 2 aromatic carbocycles. The van der Waals surface area contributed by atoms with Crippen LogP contribution in [0.3, 0.4) is 0 Å². The molecule has 1 saturated heterocycles. The van der Waals surface area contributed by atoms with Gasteiger partial charge in [-0.1, -0.05) is 23.7 Å². The lowest BCUT2D eigenvalue weighted by atomic mass is 9.99. The van der Waals surface area contributed by atoms with Crippen molar-refractivity contribution in [1.29, 1.82) is 0 Å². The van der Waals surface area contributed by atoms with Crippen molar-refractivity contribution < 1.29 is 9.53 Å². The average Bonchev–Trinajstić information content (AvgIpc) is 3.44. The van der Waals surface area contributed by atoms with Gasteiger partial charge in [0.2, 0.25) is 0 Å². The molecule has 1 amide bonds. The highest BCUT2D eigenvalue weighted by atomic mass is 35.5. The first-order valence-electron chi connectivity index (χ1n) is 9.49. The number of tetrazole rings is 1. The van der Waals surface area contributed by atoms with Gasteiger partial charge in [-0.25, -0.2) is 4.68 Å². The highest BCUT2D eigenvalue weighted by molar-refractivity contribution is 6.30. The molecule has 0 aliphatic carbocycles. The van der Waals surface area contributed by atoms with E-state index in [2.05, 4.69) is 15.5 Å². The summed E-state index contributed by atoms with van der Waals surface area (Å²) in [5.74, 6) is 1.13. The number of halogens is 1. The molecule has 0 bridgehead atoms. The number of rotatable bonds is 7. The Morgan fingerprint density at radius 3 is 2.69 bits per heavy atom. The van der Waals surface area contributed by atoms with Gasteiger partial charge in [0.05, 0.1) is 13.2 Å². The Morgan fingerprint density at radius 1 is 1.17 bits per heavy atom. The van der Waals surface area contributed by atoms with Crippen LogP contribution in [-0.2, 0) is 6.54 Å². The zero-order chi connectivity index (χ0) is 20.1. The lowest BCUT2D eigenvalue weighted by Gasteiger charge is -2.17. The van der Waals surface area contributed by atoms with Gasteiger partial charge < -0.3 is 9.64 Å². The Kier molecular flexibility index (Phi) is 6.05. The molecule has 1 aliphatic heterocycles. The Bertz CT molecular complexity index is 929. The summed E-state index contributed by atoms with van der Waals surface area (Å²) in [6.45, 7) is 2.50. The summed E-state index contributed by atoms with van der Waals surface area (Å²) in [5.41, 5.74) is 1.90. The molecule has 149 valence electrons. The van der Waals surface area contributed by atoms with Crippen molar-refractivity contribution in [2.45, 2.75) is 18.9 Å². The number of nitrogens with zero attached hydrogens (tertiary/aromatic N) is 5. The van der Waals surface area contributed by atoms with Crippen molar-refractivity contribution in [3.63, 3.8) is 0 Å². The predicted molar refractivity (Wildman–Crippen MR) is 109 cm³/mol. The highest BCUT2D eigenvalue weighted by Gasteiger charge is 2.27. The van der Waals surface area contributed by atoms with E-state index in [0.29, 0.717) is 24.6 Å². The third-order valence-corrected chi connectivity index (χ3v) is 5.25. The molecule has 1 fully saturated rings. The van der Waals surface area contributed by atoms with E-state index in [4.69, 9.17) is 16.3 Å². The van der Waals surface area contributed by atoms with Crippen molar-refractivity contribution in [1.82, 2.24) is 25.1 Å². The number of hydrogen-bond acceptors (Lipinski definition) is 5. The molecule has 0 saturated carbocycles. The number of carbonyl (C=O) groups excluding carboxylic acids is 1. The van der Waals surface area contributed by atoms with Gasteiger partial charge in [0.25, 0.3) is 5.91 Å². The summed E-state index contributed by atoms with van der Waals surface area (Å²) in [7, 11) is 0. The maximum Gasteiger partial charge on any atom is 0.253 e. The Hall–Kier alpha value is -2.93. The Labute approximate surface area is 174 Å². The number of carbonyl (C=O) groups is 1. The third kappa shape index (κ3) is 4.92. The Balaban J connectivity index is 1.27. The van der Waals surface area contributed by atoms with Crippen molar-refractivity contribution in [2.75, 3.05) is 19.7 Å². The minimum Gasteiger partial charge on any atom is -0.493 e. The molecule has 8 heteroatoms.